The molecule has 1 rings (SSSR count). The van der Waals surface area contributed by atoms with Crippen molar-refractivity contribution < 1.29 is 19.0 Å². The molecular weight excluding hydrogens is 256 g/mol. The molecule has 0 saturated heterocycles. The third kappa shape index (κ3) is 3.76. The zero-order chi connectivity index (χ0) is 13.5. The Morgan fingerprint density at radius 2 is 2.17 bits per heavy atom. The highest BCUT2D eigenvalue weighted by Gasteiger charge is 2.18. The van der Waals surface area contributed by atoms with Gasteiger partial charge in [0.15, 0.2) is 10.9 Å². The third-order valence-corrected chi connectivity index (χ3v) is 2.97. The number of ether oxygens (including phenoxy) is 3. The predicted octanol–water partition coefficient (Wildman–Crippen LogP) is 1.54. The predicted molar refractivity (Wildman–Crippen MR) is 67.1 cm³/mol. The molecule has 0 N–H and O–H groups in total. The van der Waals surface area contributed by atoms with Crippen LogP contribution in [0.15, 0.2) is 11.4 Å². The van der Waals surface area contributed by atoms with Gasteiger partial charge in [0.1, 0.15) is 5.25 Å². The van der Waals surface area contributed by atoms with Crippen LogP contribution in [0.2, 0.25) is 0 Å². The Kier molecular flexibility index (Phi) is 5.70. The number of methoxy groups -OCH3 is 2. The lowest BCUT2D eigenvalue weighted by Crippen LogP contribution is -2.17. The first-order chi connectivity index (χ1) is 8.62. The van der Waals surface area contributed by atoms with Crippen LogP contribution in [0.5, 0.6) is 11.6 Å². The van der Waals surface area contributed by atoms with E-state index in [4.69, 9.17) is 14.2 Å². The number of hydrogen-bond acceptors (Lipinski definition) is 7. The summed E-state index contributed by atoms with van der Waals surface area (Å²) in [5, 5.41) is 0.0660. The van der Waals surface area contributed by atoms with Gasteiger partial charge in [-0.05, 0) is 13.8 Å². The zero-order valence-corrected chi connectivity index (χ0v) is 11.6. The van der Waals surface area contributed by atoms with Gasteiger partial charge in [-0.25, -0.2) is 4.98 Å². The Morgan fingerprint density at radius 3 is 2.72 bits per heavy atom. The van der Waals surface area contributed by atoms with Crippen molar-refractivity contribution in [3.05, 3.63) is 6.20 Å². The Balaban J connectivity index is 2.76. The molecule has 18 heavy (non-hydrogen) atoms. The van der Waals surface area contributed by atoms with Crippen molar-refractivity contribution in [3.63, 3.8) is 0 Å². The summed E-state index contributed by atoms with van der Waals surface area (Å²) in [6.45, 7) is 3.86. The normalized spacial score (nSPS) is 11.8. The fraction of sp³-hybridized carbons (Fsp3) is 0.545. The molecule has 0 bridgehead atoms. The molecule has 0 aliphatic rings. The van der Waals surface area contributed by atoms with E-state index in [9.17, 15) is 4.79 Å². The van der Waals surface area contributed by atoms with E-state index < -0.39 is 0 Å². The highest BCUT2D eigenvalue weighted by molar-refractivity contribution is 8.00. The van der Waals surface area contributed by atoms with Gasteiger partial charge in [0.25, 0.3) is 5.88 Å². The van der Waals surface area contributed by atoms with Crippen LogP contribution < -0.4 is 9.47 Å². The number of carbonyl (C=O) groups is 1. The molecule has 1 aromatic heterocycles. The topological polar surface area (TPSA) is 70.5 Å². The van der Waals surface area contributed by atoms with Crippen LogP contribution in [0.4, 0.5) is 0 Å². The fourth-order valence-corrected chi connectivity index (χ4v) is 1.88. The van der Waals surface area contributed by atoms with Crippen molar-refractivity contribution in [1.29, 1.82) is 0 Å². The number of esters is 1. The summed E-state index contributed by atoms with van der Waals surface area (Å²) in [7, 11) is 3.00. The van der Waals surface area contributed by atoms with Crippen molar-refractivity contribution >= 4 is 17.7 Å². The van der Waals surface area contributed by atoms with Gasteiger partial charge in [-0.1, -0.05) is 11.8 Å². The van der Waals surface area contributed by atoms with Crippen LogP contribution in [0.25, 0.3) is 0 Å². The van der Waals surface area contributed by atoms with Gasteiger partial charge in [0, 0.05) is 0 Å². The summed E-state index contributed by atoms with van der Waals surface area (Å²) >= 11 is 1.21. The second kappa shape index (κ2) is 7.05. The number of thioether (sulfide) groups is 1. The molecule has 0 radical (unpaired) electrons. The molecular formula is C11H16N2O4S. The molecule has 1 aromatic rings. The summed E-state index contributed by atoms with van der Waals surface area (Å²) in [6.07, 6.45) is 1.51. The summed E-state index contributed by atoms with van der Waals surface area (Å²) in [5.41, 5.74) is 0. The lowest BCUT2D eigenvalue weighted by atomic mass is 10.5. The lowest BCUT2D eigenvalue weighted by Gasteiger charge is -2.10. The summed E-state index contributed by atoms with van der Waals surface area (Å²) in [5.74, 6) is 0.498. The highest BCUT2D eigenvalue weighted by Crippen LogP contribution is 2.27. The standard InChI is InChI=1S/C11H16N2O4S/c1-5-17-10(14)7(2)18-11-12-6-8(15-3)9(13-11)16-4/h6-7H,5H2,1-4H3. The van der Waals surface area contributed by atoms with Gasteiger partial charge in [-0.15, -0.1) is 0 Å². The largest absolute Gasteiger partial charge is 0.490 e. The van der Waals surface area contributed by atoms with E-state index in [1.54, 1.807) is 13.8 Å². The number of aromatic nitrogens is 2. The van der Waals surface area contributed by atoms with Gasteiger partial charge in [-0.2, -0.15) is 4.98 Å². The van der Waals surface area contributed by atoms with E-state index >= 15 is 0 Å². The zero-order valence-electron chi connectivity index (χ0n) is 10.8. The van der Waals surface area contributed by atoms with Crippen molar-refractivity contribution in [3.8, 4) is 11.6 Å². The van der Waals surface area contributed by atoms with E-state index in [0.717, 1.165) is 0 Å². The Morgan fingerprint density at radius 1 is 1.44 bits per heavy atom. The minimum atomic E-state index is -0.372. The first-order valence-corrected chi connectivity index (χ1v) is 6.28. The fourth-order valence-electron chi connectivity index (χ4n) is 1.15. The van der Waals surface area contributed by atoms with Crippen LogP contribution in [-0.4, -0.2) is 42.0 Å². The Hall–Kier alpha value is -1.50. The van der Waals surface area contributed by atoms with Crippen LogP contribution in [0.3, 0.4) is 0 Å². The molecule has 6 nitrogen and oxygen atoms in total. The van der Waals surface area contributed by atoms with Crippen LogP contribution in [-0.2, 0) is 9.53 Å². The summed E-state index contributed by atoms with van der Waals surface area (Å²) in [6, 6.07) is 0. The molecule has 100 valence electrons. The second-order valence-electron chi connectivity index (χ2n) is 3.24. The van der Waals surface area contributed by atoms with E-state index in [1.807, 2.05) is 0 Å². The van der Waals surface area contributed by atoms with Gasteiger partial charge >= 0.3 is 5.97 Å². The quantitative estimate of drug-likeness (QED) is 0.442. The number of hydrogen-bond donors (Lipinski definition) is 0. The molecule has 0 aliphatic carbocycles. The van der Waals surface area contributed by atoms with Gasteiger partial charge in [0.05, 0.1) is 27.0 Å². The average Bonchev–Trinajstić information content (AvgIpc) is 2.38. The maximum atomic E-state index is 11.5. The number of rotatable bonds is 6. The van der Waals surface area contributed by atoms with Crippen molar-refractivity contribution in [2.24, 2.45) is 0 Å². The Bertz CT molecular complexity index is 414. The summed E-state index contributed by atoms with van der Waals surface area (Å²) in [4.78, 5) is 19.7. The molecule has 1 unspecified atom stereocenters. The molecule has 0 fully saturated rings. The van der Waals surface area contributed by atoms with Crippen LogP contribution >= 0.6 is 11.8 Å². The molecule has 0 spiro atoms. The van der Waals surface area contributed by atoms with E-state index in [-0.39, 0.29) is 11.2 Å². The number of carbonyl (C=O) groups excluding carboxylic acids is 1. The minimum absolute atomic E-state index is 0.291. The first kappa shape index (κ1) is 14.6. The Labute approximate surface area is 110 Å². The van der Waals surface area contributed by atoms with E-state index in [2.05, 4.69) is 9.97 Å². The molecule has 0 aliphatic heterocycles. The van der Waals surface area contributed by atoms with Gasteiger partial charge < -0.3 is 14.2 Å². The van der Waals surface area contributed by atoms with Crippen LogP contribution in [0, 0.1) is 0 Å². The molecule has 0 amide bonds. The second-order valence-corrected chi connectivity index (χ2v) is 4.55. The van der Waals surface area contributed by atoms with Crippen molar-refractivity contribution in [2.75, 3.05) is 20.8 Å². The SMILES string of the molecule is CCOC(=O)C(C)Sc1ncc(OC)c(OC)n1. The summed E-state index contributed by atoms with van der Waals surface area (Å²) < 4.78 is 15.0. The molecule has 7 heteroatoms. The molecule has 0 saturated carbocycles. The van der Waals surface area contributed by atoms with Crippen molar-refractivity contribution in [1.82, 2.24) is 9.97 Å². The van der Waals surface area contributed by atoms with Gasteiger partial charge in [0.2, 0.25) is 0 Å². The third-order valence-electron chi connectivity index (χ3n) is 2.01. The average molecular weight is 272 g/mol. The monoisotopic (exact) mass is 272 g/mol. The van der Waals surface area contributed by atoms with Gasteiger partial charge in [-0.3, -0.25) is 4.79 Å². The number of nitrogens with zero attached hydrogens (tertiary/aromatic N) is 2. The molecule has 0 aromatic carbocycles. The highest BCUT2D eigenvalue weighted by atomic mass is 32.2. The maximum absolute atomic E-state index is 11.5. The van der Waals surface area contributed by atoms with E-state index in [1.165, 1.54) is 32.2 Å². The lowest BCUT2D eigenvalue weighted by molar-refractivity contribution is -0.142. The minimum Gasteiger partial charge on any atom is -0.490 e. The maximum Gasteiger partial charge on any atom is 0.319 e. The molecule has 1 heterocycles. The van der Waals surface area contributed by atoms with Crippen LogP contribution in [0.1, 0.15) is 13.8 Å². The van der Waals surface area contributed by atoms with E-state index in [0.29, 0.717) is 23.4 Å². The van der Waals surface area contributed by atoms with Crippen molar-refractivity contribution in [2.45, 2.75) is 24.3 Å². The first-order valence-electron chi connectivity index (χ1n) is 5.40. The smallest absolute Gasteiger partial charge is 0.319 e. The molecule has 1 atom stereocenters.